The van der Waals surface area contributed by atoms with E-state index < -0.39 is 0 Å². The molecule has 2 aromatic rings. The molecule has 0 fully saturated rings. The summed E-state index contributed by atoms with van der Waals surface area (Å²) < 4.78 is 10.5. The van der Waals surface area contributed by atoms with Gasteiger partial charge in [-0.1, -0.05) is 113 Å². The van der Waals surface area contributed by atoms with Gasteiger partial charge in [0.2, 0.25) is 23.6 Å². The van der Waals surface area contributed by atoms with Gasteiger partial charge >= 0.3 is 12.0 Å². The van der Waals surface area contributed by atoms with Crippen molar-refractivity contribution >= 4 is 23.8 Å². The van der Waals surface area contributed by atoms with Crippen LogP contribution in [0.1, 0.15) is 185 Å². The number of nitrogens with one attached hydrogen (secondary N) is 2. The van der Waals surface area contributed by atoms with E-state index in [4.69, 9.17) is 30.5 Å². The van der Waals surface area contributed by atoms with Crippen LogP contribution in [0.25, 0.3) is 0 Å². The van der Waals surface area contributed by atoms with Crippen molar-refractivity contribution in [2.75, 3.05) is 24.7 Å². The van der Waals surface area contributed by atoms with Gasteiger partial charge in [-0.3, -0.25) is 9.59 Å². The first-order valence-corrected chi connectivity index (χ1v) is 20.9. The Morgan fingerprint density at radius 1 is 0.472 bits per heavy atom. The number of rotatable bonds is 36. The average Bonchev–Trinajstić information content (AvgIpc) is 3.76. The number of aryl methyl sites for hydroxylation is 2. The van der Waals surface area contributed by atoms with Crippen molar-refractivity contribution in [3.8, 4) is 0 Å². The van der Waals surface area contributed by atoms with Crippen LogP contribution in [0.5, 0.6) is 0 Å². The van der Waals surface area contributed by atoms with Crippen LogP contribution < -0.4 is 22.1 Å². The summed E-state index contributed by atoms with van der Waals surface area (Å²) >= 11 is 0. The number of aliphatic hydroxyl groups is 2. The van der Waals surface area contributed by atoms with Crippen molar-refractivity contribution in [1.82, 2.24) is 31.0 Å². The summed E-state index contributed by atoms with van der Waals surface area (Å²) in [7, 11) is 0. The first-order valence-electron chi connectivity index (χ1n) is 20.9. The molecule has 14 nitrogen and oxygen atoms in total. The summed E-state index contributed by atoms with van der Waals surface area (Å²) in [5.74, 6) is 1.24. The second kappa shape index (κ2) is 31.1. The number of nitrogen functional groups attached to an aromatic ring is 2. The summed E-state index contributed by atoms with van der Waals surface area (Å²) in [5.41, 5.74) is 11.0. The zero-order chi connectivity index (χ0) is 38.2. The quantitative estimate of drug-likeness (QED) is 0.0392. The fourth-order valence-electron chi connectivity index (χ4n) is 6.78. The third kappa shape index (κ3) is 25.4. The molecule has 2 rings (SSSR count). The van der Waals surface area contributed by atoms with E-state index in [1.165, 1.54) is 0 Å². The second-order valence-corrected chi connectivity index (χ2v) is 14.6. The molecular weight excluding hydrogens is 676 g/mol. The Kier molecular flexibility index (Phi) is 27.0. The van der Waals surface area contributed by atoms with E-state index in [1.54, 1.807) is 0 Å². The van der Waals surface area contributed by atoms with Gasteiger partial charge in [0.05, 0.1) is 0 Å². The lowest BCUT2D eigenvalue weighted by atomic mass is 9.99. The van der Waals surface area contributed by atoms with Gasteiger partial charge in [-0.2, -0.15) is 0 Å². The van der Waals surface area contributed by atoms with Crippen LogP contribution in [0.15, 0.2) is 8.83 Å². The molecule has 0 aliphatic heterocycles. The third-order valence-electron chi connectivity index (χ3n) is 9.81. The fourth-order valence-corrected chi connectivity index (χ4v) is 6.78. The van der Waals surface area contributed by atoms with Crippen LogP contribution >= 0.6 is 0 Å². The molecule has 0 aliphatic carbocycles. The van der Waals surface area contributed by atoms with Gasteiger partial charge in [0.1, 0.15) is 0 Å². The number of aliphatic hydroxyl groups excluding tert-OH is 2. The van der Waals surface area contributed by atoms with E-state index >= 15 is 0 Å². The van der Waals surface area contributed by atoms with Gasteiger partial charge in [-0.05, 0) is 57.8 Å². The Morgan fingerprint density at radius 2 is 0.792 bits per heavy atom. The molecule has 2 unspecified atom stereocenters. The molecule has 8 N–H and O–H groups in total. The number of nitrogens with two attached hydrogens (primary N) is 2. The van der Waals surface area contributed by atoms with Gasteiger partial charge in [0.25, 0.3) is 0 Å². The third-order valence-corrected chi connectivity index (χ3v) is 9.81. The molecule has 14 heteroatoms. The highest BCUT2D eigenvalue weighted by Gasteiger charge is 2.15. The van der Waals surface area contributed by atoms with E-state index in [-0.39, 0.29) is 49.1 Å². The van der Waals surface area contributed by atoms with Crippen LogP contribution in [0, 0.1) is 0 Å². The zero-order valence-electron chi connectivity index (χ0n) is 32.5. The van der Waals surface area contributed by atoms with Crippen LogP contribution in [0.2, 0.25) is 0 Å². The maximum atomic E-state index is 13.0. The summed E-state index contributed by atoms with van der Waals surface area (Å²) in [5, 5.41) is 39.9. The van der Waals surface area contributed by atoms with Gasteiger partial charge in [0, 0.05) is 51.0 Å². The van der Waals surface area contributed by atoms with Crippen LogP contribution in [0.4, 0.5) is 12.0 Å². The van der Waals surface area contributed by atoms with E-state index in [1.807, 2.05) is 0 Å². The van der Waals surface area contributed by atoms with E-state index in [0.29, 0.717) is 31.0 Å². The average molecular weight is 749 g/mol. The SMILES string of the molecule is Nc1nnc(CCCCCCCC(CCCCCCCO)NC(=O)CCCC(=O)NC(CCCCCCCO)CCCCCCCc2nnc(N)o2)o1. The van der Waals surface area contributed by atoms with Crippen molar-refractivity contribution in [3.63, 3.8) is 0 Å². The largest absolute Gasteiger partial charge is 0.408 e. The monoisotopic (exact) mass is 749 g/mol. The molecule has 0 radical (unpaired) electrons. The highest BCUT2D eigenvalue weighted by molar-refractivity contribution is 5.79. The lowest BCUT2D eigenvalue weighted by Crippen LogP contribution is -2.36. The number of amides is 2. The molecule has 0 aromatic carbocycles. The predicted octanol–water partition coefficient (Wildman–Crippen LogP) is 6.89. The molecule has 2 atom stereocenters. The van der Waals surface area contributed by atoms with E-state index in [9.17, 15) is 9.59 Å². The number of carbonyl (C=O) groups excluding carboxylic acids is 2. The number of hydrogen-bond donors (Lipinski definition) is 6. The molecule has 2 aromatic heterocycles. The minimum atomic E-state index is 0.0314. The van der Waals surface area contributed by atoms with Crippen molar-refractivity contribution in [3.05, 3.63) is 11.8 Å². The standard InChI is InChI=1S/C39H72N8O6/c40-38-46-44-36(52-38)28-17-9-1-5-13-22-32(24-15-7-3-11-19-30-48)42-34(50)26-21-27-35(51)43-33(25-16-8-4-12-20-31-49)23-14-6-2-10-18-29-37-45-47-39(41)53-37/h32-33,48-49H,1-31H2,(H2,40,46)(H2,41,47)(H,42,50)(H,43,51). The first kappa shape index (κ1) is 45.9. The maximum Gasteiger partial charge on any atom is 0.312 e. The molecule has 2 amide bonds. The number of unbranched alkanes of at least 4 members (excludes halogenated alkanes) is 16. The zero-order valence-corrected chi connectivity index (χ0v) is 32.5. The van der Waals surface area contributed by atoms with Crippen molar-refractivity contribution < 1.29 is 28.6 Å². The summed E-state index contributed by atoms with van der Waals surface area (Å²) in [6, 6.07) is 0.521. The lowest BCUT2D eigenvalue weighted by molar-refractivity contribution is -0.123. The summed E-state index contributed by atoms with van der Waals surface area (Å²) in [4.78, 5) is 26.0. The van der Waals surface area contributed by atoms with Crippen LogP contribution in [-0.2, 0) is 22.4 Å². The van der Waals surface area contributed by atoms with Crippen LogP contribution in [0.3, 0.4) is 0 Å². The maximum absolute atomic E-state index is 13.0. The normalized spacial score (nSPS) is 12.6. The Balaban J connectivity index is 1.68. The Bertz CT molecular complexity index is 1090. The predicted molar refractivity (Wildman–Crippen MR) is 208 cm³/mol. The Hall–Kier alpha value is -3.26. The number of nitrogens with zero attached hydrogens (tertiary/aromatic N) is 4. The second-order valence-electron chi connectivity index (χ2n) is 14.6. The smallest absolute Gasteiger partial charge is 0.312 e. The molecule has 0 spiro atoms. The van der Waals surface area contributed by atoms with Gasteiger partial charge < -0.3 is 41.1 Å². The molecule has 304 valence electrons. The number of carbonyl (C=O) groups is 2. The number of aromatic nitrogens is 4. The topological polar surface area (TPSA) is 229 Å². The molecule has 0 bridgehead atoms. The Labute approximate surface area is 317 Å². The fraction of sp³-hybridized carbons (Fsp3) is 0.846. The van der Waals surface area contributed by atoms with Crippen molar-refractivity contribution in [1.29, 1.82) is 0 Å². The molecule has 0 aliphatic rings. The summed E-state index contributed by atoms with van der Waals surface area (Å²) in [6.07, 6.45) is 27.6. The number of hydrogen-bond acceptors (Lipinski definition) is 12. The van der Waals surface area contributed by atoms with E-state index in [0.717, 1.165) is 167 Å². The number of anilines is 2. The van der Waals surface area contributed by atoms with Crippen molar-refractivity contribution in [2.24, 2.45) is 0 Å². The lowest BCUT2D eigenvalue weighted by Gasteiger charge is -2.20. The molecule has 0 saturated heterocycles. The highest BCUT2D eigenvalue weighted by atomic mass is 16.4. The van der Waals surface area contributed by atoms with Gasteiger partial charge in [-0.15, -0.1) is 10.2 Å². The molecule has 2 heterocycles. The van der Waals surface area contributed by atoms with E-state index in [2.05, 4.69) is 31.0 Å². The highest BCUT2D eigenvalue weighted by Crippen LogP contribution is 2.17. The molecular formula is C39H72N8O6. The van der Waals surface area contributed by atoms with Gasteiger partial charge in [0.15, 0.2) is 0 Å². The summed E-state index contributed by atoms with van der Waals surface area (Å²) in [6.45, 7) is 0.489. The van der Waals surface area contributed by atoms with Gasteiger partial charge in [-0.25, -0.2) is 0 Å². The van der Waals surface area contributed by atoms with Crippen molar-refractivity contribution in [2.45, 2.75) is 198 Å². The molecule has 0 saturated carbocycles. The van der Waals surface area contributed by atoms with Crippen LogP contribution in [-0.4, -0.2) is 67.7 Å². The first-order chi connectivity index (χ1) is 25.9. The minimum absolute atomic E-state index is 0.0314. The molecule has 53 heavy (non-hydrogen) atoms. The Morgan fingerprint density at radius 3 is 1.11 bits per heavy atom. The minimum Gasteiger partial charge on any atom is -0.408 e.